The molecule has 0 aromatic heterocycles. The molecule has 1 saturated heterocycles. The number of halogens is 1. The van der Waals surface area contributed by atoms with Crippen molar-refractivity contribution in [2.75, 3.05) is 18.6 Å². The molecule has 0 amide bonds. The third-order valence-corrected chi connectivity index (χ3v) is 5.56. The summed E-state index contributed by atoms with van der Waals surface area (Å²) in [5.74, 6) is 6.50. The van der Waals surface area contributed by atoms with Gasteiger partial charge in [0.05, 0.1) is 23.6 Å². The van der Waals surface area contributed by atoms with E-state index in [1.54, 1.807) is 12.1 Å². The zero-order chi connectivity index (χ0) is 14.0. The lowest BCUT2D eigenvalue weighted by Crippen LogP contribution is -2.34. The lowest BCUT2D eigenvalue weighted by Gasteiger charge is -2.22. The minimum atomic E-state index is -2.94. The van der Waals surface area contributed by atoms with Gasteiger partial charge in [-0.15, -0.1) is 0 Å². The molecule has 1 aromatic carbocycles. The Bertz CT molecular complexity index is 562. The molecule has 0 saturated carbocycles. The quantitative estimate of drug-likeness (QED) is 0.647. The number of sulfone groups is 1. The molecule has 19 heavy (non-hydrogen) atoms. The highest BCUT2D eigenvalue weighted by atomic mass is 35.5. The van der Waals surface area contributed by atoms with Crippen LogP contribution in [-0.4, -0.2) is 27.0 Å². The van der Waals surface area contributed by atoms with Crippen LogP contribution in [0, 0.1) is 5.92 Å². The molecule has 1 aromatic rings. The van der Waals surface area contributed by atoms with E-state index in [1.807, 2.05) is 6.07 Å². The van der Waals surface area contributed by atoms with Crippen molar-refractivity contribution in [3.8, 4) is 5.75 Å². The summed E-state index contributed by atoms with van der Waals surface area (Å²) in [7, 11) is -1.40. The Morgan fingerprint density at radius 2 is 2.26 bits per heavy atom. The van der Waals surface area contributed by atoms with E-state index < -0.39 is 9.84 Å². The Labute approximate surface area is 118 Å². The van der Waals surface area contributed by atoms with Crippen molar-refractivity contribution in [2.45, 2.75) is 12.5 Å². The number of hydrogen-bond acceptors (Lipinski definition) is 5. The molecule has 1 aliphatic heterocycles. The van der Waals surface area contributed by atoms with Crippen LogP contribution in [0.5, 0.6) is 5.75 Å². The standard InChI is InChI=1S/C12H17ClN2O3S/c1-18-11-6-8(2-3-10(11)13)12(15-14)9-4-5-19(16,17)7-9/h2-3,6,9,12,15H,4-5,7,14H2,1H3. The van der Waals surface area contributed by atoms with Crippen molar-refractivity contribution >= 4 is 21.4 Å². The van der Waals surface area contributed by atoms with Gasteiger partial charge in [-0.1, -0.05) is 17.7 Å². The molecule has 0 radical (unpaired) electrons. The third kappa shape index (κ3) is 3.20. The largest absolute Gasteiger partial charge is 0.495 e. The first kappa shape index (κ1) is 14.6. The van der Waals surface area contributed by atoms with Crippen molar-refractivity contribution < 1.29 is 13.2 Å². The minimum Gasteiger partial charge on any atom is -0.495 e. The molecule has 1 fully saturated rings. The van der Waals surface area contributed by atoms with E-state index in [9.17, 15) is 8.42 Å². The maximum absolute atomic E-state index is 11.6. The van der Waals surface area contributed by atoms with Crippen LogP contribution in [0.25, 0.3) is 0 Å². The summed E-state index contributed by atoms with van der Waals surface area (Å²) in [5.41, 5.74) is 3.59. The molecule has 1 heterocycles. The van der Waals surface area contributed by atoms with E-state index in [4.69, 9.17) is 22.2 Å². The molecule has 2 atom stereocenters. The van der Waals surface area contributed by atoms with Crippen molar-refractivity contribution in [1.82, 2.24) is 5.43 Å². The van der Waals surface area contributed by atoms with Crippen molar-refractivity contribution in [2.24, 2.45) is 11.8 Å². The van der Waals surface area contributed by atoms with Gasteiger partial charge in [-0.2, -0.15) is 0 Å². The van der Waals surface area contributed by atoms with Crippen LogP contribution in [0.3, 0.4) is 0 Å². The number of nitrogens with one attached hydrogen (secondary N) is 1. The SMILES string of the molecule is COc1cc(C(NN)C2CCS(=O)(=O)C2)ccc1Cl. The number of ether oxygens (including phenoxy) is 1. The highest BCUT2D eigenvalue weighted by Gasteiger charge is 2.34. The van der Waals surface area contributed by atoms with Gasteiger partial charge in [0, 0.05) is 6.04 Å². The van der Waals surface area contributed by atoms with E-state index >= 15 is 0 Å². The molecule has 1 aliphatic rings. The molecule has 3 N–H and O–H groups in total. The molecule has 106 valence electrons. The first-order valence-electron chi connectivity index (χ1n) is 5.97. The monoisotopic (exact) mass is 304 g/mol. The zero-order valence-corrected chi connectivity index (χ0v) is 12.2. The summed E-state index contributed by atoms with van der Waals surface area (Å²) in [4.78, 5) is 0. The second kappa shape index (κ2) is 5.66. The molecular weight excluding hydrogens is 288 g/mol. The number of hydrazine groups is 1. The van der Waals surface area contributed by atoms with Crippen LogP contribution in [-0.2, 0) is 9.84 Å². The maximum atomic E-state index is 11.6. The smallest absolute Gasteiger partial charge is 0.150 e. The highest BCUT2D eigenvalue weighted by molar-refractivity contribution is 7.91. The van der Waals surface area contributed by atoms with E-state index in [0.717, 1.165) is 5.56 Å². The molecule has 0 aliphatic carbocycles. The maximum Gasteiger partial charge on any atom is 0.150 e. The summed E-state index contributed by atoms with van der Waals surface area (Å²) in [6, 6.07) is 5.13. The predicted molar refractivity (Wildman–Crippen MR) is 74.8 cm³/mol. The van der Waals surface area contributed by atoms with Crippen molar-refractivity contribution in [1.29, 1.82) is 0 Å². The highest BCUT2D eigenvalue weighted by Crippen LogP contribution is 2.34. The Morgan fingerprint density at radius 1 is 1.53 bits per heavy atom. The van der Waals surface area contributed by atoms with Gasteiger partial charge >= 0.3 is 0 Å². The second-order valence-electron chi connectivity index (χ2n) is 4.70. The Hall–Kier alpha value is -0.820. The number of benzene rings is 1. The van der Waals surface area contributed by atoms with Crippen molar-refractivity contribution in [3.63, 3.8) is 0 Å². The summed E-state index contributed by atoms with van der Waals surface area (Å²) < 4.78 is 28.3. The van der Waals surface area contributed by atoms with Gasteiger partial charge in [-0.3, -0.25) is 11.3 Å². The topological polar surface area (TPSA) is 81.4 Å². The lowest BCUT2D eigenvalue weighted by molar-refractivity contribution is 0.391. The van der Waals surface area contributed by atoms with Crippen LogP contribution in [0.15, 0.2) is 18.2 Å². The molecule has 5 nitrogen and oxygen atoms in total. The minimum absolute atomic E-state index is 0.0270. The first-order valence-corrected chi connectivity index (χ1v) is 8.17. The number of nitrogens with two attached hydrogens (primary N) is 1. The van der Waals surface area contributed by atoms with Gasteiger partial charge in [0.15, 0.2) is 9.84 Å². The fourth-order valence-electron chi connectivity index (χ4n) is 2.46. The summed E-state index contributed by atoms with van der Waals surface area (Å²) in [6.07, 6.45) is 0.613. The van der Waals surface area contributed by atoms with Gasteiger partial charge < -0.3 is 4.74 Å². The van der Waals surface area contributed by atoms with Crippen LogP contribution in [0.2, 0.25) is 5.02 Å². The van der Waals surface area contributed by atoms with E-state index in [2.05, 4.69) is 5.43 Å². The van der Waals surface area contributed by atoms with Gasteiger partial charge in [0.2, 0.25) is 0 Å². The average Bonchev–Trinajstić information content (AvgIpc) is 2.72. The van der Waals surface area contributed by atoms with Crippen LogP contribution in [0.1, 0.15) is 18.0 Å². The van der Waals surface area contributed by atoms with Crippen LogP contribution < -0.4 is 16.0 Å². The average molecular weight is 305 g/mol. The fraction of sp³-hybridized carbons (Fsp3) is 0.500. The molecule has 2 unspecified atom stereocenters. The van der Waals surface area contributed by atoms with Crippen LogP contribution >= 0.6 is 11.6 Å². The molecule has 7 heteroatoms. The van der Waals surface area contributed by atoms with Gasteiger partial charge in [-0.05, 0) is 30.0 Å². The molecule has 0 spiro atoms. The lowest BCUT2D eigenvalue weighted by atomic mass is 9.93. The predicted octanol–water partition coefficient (Wildman–Crippen LogP) is 1.29. The first-order chi connectivity index (χ1) is 8.96. The number of hydrogen-bond donors (Lipinski definition) is 2. The fourth-order valence-corrected chi connectivity index (χ4v) is 4.50. The second-order valence-corrected chi connectivity index (χ2v) is 7.34. The Morgan fingerprint density at radius 3 is 2.79 bits per heavy atom. The molecule has 0 bridgehead atoms. The summed E-state index contributed by atoms with van der Waals surface area (Å²) >= 11 is 5.98. The van der Waals surface area contributed by atoms with E-state index in [0.29, 0.717) is 17.2 Å². The van der Waals surface area contributed by atoms with E-state index in [1.165, 1.54) is 7.11 Å². The summed E-state index contributed by atoms with van der Waals surface area (Å²) in [5, 5.41) is 0.515. The van der Waals surface area contributed by atoms with Gasteiger partial charge in [-0.25, -0.2) is 8.42 Å². The molecule has 2 rings (SSSR count). The number of rotatable bonds is 4. The van der Waals surface area contributed by atoms with E-state index in [-0.39, 0.29) is 23.5 Å². The Kier molecular flexibility index (Phi) is 4.35. The third-order valence-electron chi connectivity index (χ3n) is 3.45. The molecular formula is C12H17ClN2O3S. The van der Waals surface area contributed by atoms with Gasteiger partial charge in [0.1, 0.15) is 5.75 Å². The number of methoxy groups -OCH3 is 1. The van der Waals surface area contributed by atoms with Gasteiger partial charge in [0.25, 0.3) is 0 Å². The zero-order valence-electron chi connectivity index (χ0n) is 10.6. The summed E-state index contributed by atoms with van der Waals surface area (Å²) in [6.45, 7) is 0. The van der Waals surface area contributed by atoms with Crippen LogP contribution in [0.4, 0.5) is 0 Å². The normalized spacial score (nSPS) is 23.2. The Balaban J connectivity index is 2.27. The van der Waals surface area contributed by atoms with Crippen molar-refractivity contribution in [3.05, 3.63) is 28.8 Å².